The Morgan fingerprint density at radius 3 is 2.82 bits per heavy atom. The van der Waals surface area contributed by atoms with Crippen LogP contribution in [-0.2, 0) is 20.7 Å². The number of rotatable bonds is 7. The van der Waals surface area contributed by atoms with Crippen LogP contribution in [-0.4, -0.2) is 35.9 Å². The number of nitrogens with zero attached hydrogens (tertiary/aromatic N) is 2. The zero-order chi connectivity index (χ0) is 19.7. The molecule has 0 aromatic carbocycles. The molecule has 28 heavy (non-hydrogen) atoms. The highest BCUT2D eigenvalue weighted by Gasteiger charge is 2.32. The zero-order valence-corrected chi connectivity index (χ0v) is 17.2. The van der Waals surface area contributed by atoms with Gasteiger partial charge in [-0.2, -0.15) is 0 Å². The van der Waals surface area contributed by atoms with Gasteiger partial charge in [0.25, 0.3) is 0 Å². The highest BCUT2D eigenvalue weighted by molar-refractivity contribution is 7.15. The summed E-state index contributed by atoms with van der Waals surface area (Å²) in [5.74, 6) is -0.153. The van der Waals surface area contributed by atoms with Crippen molar-refractivity contribution in [2.45, 2.75) is 44.9 Å². The molecule has 2 fully saturated rings. The summed E-state index contributed by atoms with van der Waals surface area (Å²) >= 11 is 2.73. The lowest BCUT2D eigenvalue weighted by Crippen LogP contribution is -2.23. The van der Waals surface area contributed by atoms with E-state index in [1.54, 1.807) is 17.2 Å². The van der Waals surface area contributed by atoms with Gasteiger partial charge in [-0.3, -0.25) is 14.5 Å². The van der Waals surface area contributed by atoms with Crippen molar-refractivity contribution in [2.75, 3.05) is 23.4 Å². The molecule has 0 unspecified atom stereocenters. The Hall–Kier alpha value is -2.26. The van der Waals surface area contributed by atoms with Crippen LogP contribution in [0.2, 0.25) is 0 Å². The first-order chi connectivity index (χ1) is 13.6. The predicted octanol–water partition coefficient (Wildman–Crippen LogP) is 3.57. The molecule has 9 heteroatoms. The number of carbonyl (C=O) groups is 3. The number of hydrogen-bond acceptors (Lipinski definition) is 7. The quantitative estimate of drug-likeness (QED) is 0.693. The van der Waals surface area contributed by atoms with Gasteiger partial charge in [0.05, 0.1) is 24.3 Å². The molecule has 1 saturated carbocycles. The van der Waals surface area contributed by atoms with E-state index < -0.39 is 0 Å². The minimum Gasteiger partial charge on any atom is -0.462 e. The first-order valence-corrected chi connectivity index (χ1v) is 11.2. The van der Waals surface area contributed by atoms with Gasteiger partial charge in [-0.25, -0.2) is 9.78 Å². The molecular weight excluding hydrogens is 398 g/mol. The van der Waals surface area contributed by atoms with Crippen molar-refractivity contribution in [1.29, 1.82) is 0 Å². The molecule has 2 aromatic heterocycles. The summed E-state index contributed by atoms with van der Waals surface area (Å²) in [6.07, 6.45) is 3.61. The van der Waals surface area contributed by atoms with Gasteiger partial charge in [-0.1, -0.05) is 0 Å². The molecule has 0 atom stereocenters. The lowest BCUT2D eigenvalue weighted by Gasteiger charge is -2.10. The maximum Gasteiger partial charge on any atom is 0.341 e. The van der Waals surface area contributed by atoms with Gasteiger partial charge in [-0.05, 0) is 43.0 Å². The van der Waals surface area contributed by atoms with Crippen LogP contribution in [0.25, 0.3) is 0 Å². The number of ether oxygens (including phenoxy) is 1. The van der Waals surface area contributed by atoms with Gasteiger partial charge in [0.2, 0.25) is 11.8 Å². The van der Waals surface area contributed by atoms with Crippen LogP contribution in [0.4, 0.5) is 10.1 Å². The summed E-state index contributed by atoms with van der Waals surface area (Å²) in [4.78, 5) is 42.9. The number of hydrogen-bond donors (Lipinski definition) is 1. The van der Waals surface area contributed by atoms with E-state index in [1.807, 2.05) is 5.38 Å². The van der Waals surface area contributed by atoms with Crippen LogP contribution in [0.5, 0.6) is 0 Å². The van der Waals surface area contributed by atoms with Crippen molar-refractivity contribution < 1.29 is 19.1 Å². The summed E-state index contributed by atoms with van der Waals surface area (Å²) in [5, 5.41) is 7.78. The van der Waals surface area contributed by atoms with Crippen LogP contribution in [0.3, 0.4) is 0 Å². The Morgan fingerprint density at radius 1 is 1.32 bits per heavy atom. The fourth-order valence-corrected chi connectivity index (χ4v) is 5.17. The van der Waals surface area contributed by atoms with E-state index >= 15 is 0 Å². The highest BCUT2D eigenvalue weighted by atomic mass is 32.1. The molecule has 1 aliphatic heterocycles. The molecular formula is C19H21N3O4S2. The molecule has 2 amide bonds. The van der Waals surface area contributed by atoms with Crippen LogP contribution in [0.15, 0.2) is 10.8 Å². The van der Waals surface area contributed by atoms with E-state index in [0.717, 1.165) is 24.8 Å². The van der Waals surface area contributed by atoms with Crippen molar-refractivity contribution in [3.63, 3.8) is 0 Å². The second-order valence-electron chi connectivity index (χ2n) is 6.89. The molecule has 4 rings (SSSR count). The van der Waals surface area contributed by atoms with Crippen molar-refractivity contribution in [3.05, 3.63) is 27.6 Å². The van der Waals surface area contributed by atoms with Crippen LogP contribution >= 0.6 is 22.7 Å². The third-order valence-electron chi connectivity index (χ3n) is 4.75. The molecule has 0 spiro atoms. The summed E-state index contributed by atoms with van der Waals surface area (Å²) in [6.45, 7) is 2.74. The third-order valence-corrected chi connectivity index (χ3v) is 6.58. The number of esters is 1. The van der Waals surface area contributed by atoms with Crippen molar-refractivity contribution in [1.82, 2.24) is 4.98 Å². The molecule has 0 bridgehead atoms. The van der Waals surface area contributed by atoms with Crippen LogP contribution in [0, 0.1) is 0 Å². The summed E-state index contributed by atoms with van der Waals surface area (Å²) in [7, 11) is 0. The molecule has 1 N–H and O–H groups in total. The summed E-state index contributed by atoms with van der Waals surface area (Å²) in [5.41, 5.74) is 2.08. The number of aromatic nitrogens is 1. The average Bonchev–Trinajstić information content (AvgIpc) is 3.04. The third kappa shape index (κ3) is 3.95. The molecule has 3 heterocycles. The normalized spacial score (nSPS) is 16.5. The van der Waals surface area contributed by atoms with Gasteiger partial charge >= 0.3 is 5.97 Å². The number of nitrogens with one attached hydrogen (secondary N) is 1. The molecule has 2 aromatic rings. The average molecular weight is 420 g/mol. The molecule has 2 aliphatic rings. The molecule has 1 aliphatic carbocycles. The summed E-state index contributed by atoms with van der Waals surface area (Å²) in [6, 6.07) is 0. The second-order valence-corrected chi connectivity index (χ2v) is 8.60. The van der Waals surface area contributed by atoms with Gasteiger partial charge in [-0.15, -0.1) is 22.7 Å². The smallest absolute Gasteiger partial charge is 0.341 e. The van der Waals surface area contributed by atoms with E-state index in [9.17, 15) is 14.4 Å². The lowest BCUT2D eigenvalue weighted by molar-refractivity contribution is -0.117. The number of amides is 2. The van der Waals surface area contributed by atoms with Gasteiger partial charge in [0.1, 0.15) is 5.00 Å². The van der Waals surface area contributed by atoms with Crippen LogP contribution < -0.4 is 10.2 Å². The van der Waals surface area contributed by atoms with E-state index in [0.29, 0.717) is 46.9 Å². The SMILES string of the molecule is CCOC(=O)c1c(C2CC2)csc1NC(=O)Cc1csc(N2CCCC2=O)n1. The number of anilines is 2. The molecule has 7 nitrogen and oxygen atoms in total. The Kier molecular flexibility index (Phi) is 5.45. The van der Waals surface area contributed by atoms with E-state index in [4.69, 9.17) is 4.74 Å². The fraction of sp³-hybridized carbons (Fsp3) is 0.474. The van der Waals surface area contributed by atoms with E-state index in [1.165, 1.54) is 22.7 Å². The lowest BCUT2D eigenvalue weighted by atomic mass is 10.1. The number of thiazole rings is 1. The fourth-order valence-electron chi connectivity index (χ4n) is 3.26. The Balaban J connectivity index is 1.45. The zero-order valence-electron chi connectivity index (χ0n) is 15.5. The minimum absolute atomic E-state index is 0.0793. The van der Waals surface area contributed by atoms with Gasteiger partial charge in [0, 0.05) is 18.3 Å². The standard InChI is InChI=1S/C19H21N3O4S2/c1-2-26-18(25)16-13(11-5-6-11)10-27-17(16)21-14(23)8-12-9-28-19(20-12)22-7-3-4-15(22)24/h9-11H,2-8H2,1H3,(H,21,23). The first-order valence-electron chi connectivity index (χ1n) is 9.40. The van der Waals surface area contributed by atoms with E-state index in [-0.39, 0.29) is 24.2 Å². The Bertz CT molecular complexity index is 916. The largest absolute Gasteiger partial charge is 0.462 e. The maximum absolute atomic E-state index is 12.5. The molecule has 148 valence electrons. The topological polar surface area (TPSA) is 88.6 Å². The van der Waals surface area contributed by atoms with Gasteiger partial charge in [0.15, 0.2) is 5.13 Å². The minimum atomic E-state index is -0.385. The van der Waals surface area contributed by atoms with E-state index in [2.05, 4.69) is 10.3 Å². The predicted molar refractivity (Wildman–Crippen MR) is 108 cm³/mol. The Morgan fingerprint density at radius 2 is 2.14 bits per heavy atom. The number of thiophene rings is 1. The van der Waals surface area contributed by atoms with Crippen molar-refractivity contribution >= 4 is 50.6 Å². The monoisotopic (exact) mass is 419 g/mol. The second kappa shape index (κ2) is 8.00. The molecule has 0 radical (unpaired) electrons. The number of carbonyl (C=O) groups excluding carboxylic acids is 3. The van der Waals surface area contributed by atoms with Crippen LogP contribution in [0.1, 0.15) is 60.1 Å². The highest BCUT2D eigenvalue weighted by Crippen LogP contribution is 2.46. The maximum atomic E-state index is 12.5. The first kappa shape index (κ1) is 19.1. The van der Waals surface area contributed by atoms with Gasteiger partial charge < -0.3 is 10.1 Å². The van der Waals surface area contributed by atoms with Crippen molar-refractivity contribution in [2.24, 2.45) is 0 Å². The molecule has 1 saturated heterocycles. The Labute approximate surface area is 170 Å². The summed E-state index contributed by atoms with van der Waals surface area (Å²) < 4.78 is 5.18. The van der Waals surface area contributed by atoms with Crippen molar-refractivity contribution in [3.8, 4) is 0 Å².